The fourth-order valence-electron chi connectivity index (χ4n) is 2.69. The quantitative estimate of drug-likeness (QED) is 0.864. The van der Waals surface area contributed by atoms with Crippen molar-refractivity contribution in [3.8, 4) is 0 Å². The highest BCUT2D eigenvalue weighted by molar-refractivity contribution is 5.67. The van der Waals surface area contributed by atoms with Crippen molar-refractivity contribution in [2.75, 3.05) is 32.1 Å². The number of anilines is 1. The standard InChI is InChI=1S/C15H24N4O2/c1-4-13(16-2)14-6-5-12(9-17-14)19-8-7-11(10-19)18-15(20)21-3/h5-6,9,11,13,16H,4,7-8,10H2,1-3H3,(H,18,20). The first kappa shape index (κ1) is 15.6. The minimum atomic E-state index is -0.366. The van der Waals surface area contributed by atoms with Crippen LogP contribution in [0.15, 0.2) is 18.3 Å². The number of alkyl carbamates (subject to hydrolysis) is 1. The summed E-state index contributed by atoms with van der Waals surface area (Å²) in [6.07, 6.45) is 3.48. The number of ether oxygens (including phenoxy) is 1. The molecule has 0 aliphatic carbocycles. The zero-order valence-corrected chi connectivity index (χ0v) is 12.9. The van der Waals surface area contributed by atoms with Gasteiger partial charge in [-0.2, -0.15) is 0 Å². The van der Waals surface area contributed by atoms with Gasteiger partial charge in [0.05, 0.1) is 30.7 Å². The molecule has 1 aliphatic rings. The van der Waals surface area contributed by atoms with Crippen molar-refractivity contribution in [2.24, 2.45) is 0 Å². The van der Waals surface area contributed by atoms with Gasteiger partial charge in [-0.15, -0.1) is 0 Å². The van der Waals surface area contributed by atoms with E-state index < -0.39 is 0 Å². The van der Waals surface area contributed by atoms with Crippen molar-refractivity contribution in [2.45, 2.75) is 31.8 Å². The lowest BCUT2D eigenvalue weighted by atomic mass is 10.1. The van der Waals surface area contributed by atoms with Gasteiger partial charge in [-0.1, -0.05) is 6.92 Å². The Kier molecular flexibility index (Phi) is 5.38. The van der Waals surface area contributed by atoms with Gasteiger partial charge < -0.3 is 20.3 Å². The summed E-state index contributed by atoms with van der Waals surface area (Å²) in [5.74, 6) is 0. The molecule has 2 atom stereocenters. The maximum atomic E-state index is 11.2. The Balaban J connectivity index is 1.95. The number of hydrogen-bond acceptors (Lipinski definition) is 5. The van der Waals surface area contributed by atoms with E-state index in [0.29, 0.717) is 6.04 Å². The Hall–Kier alpha value is -1.82. The molecule has 2 rings (SSSR count). The van der Waals surface area contributed by atoms with E-state index in [0.717, 1.165) is 37.3 Å². The second kappa shape index (κ2) is 7.26. The molecule has 1 aromatic rings. The van der Waals surface area contributed by atoms with Crippen LogP contribution in [0, 0.1) is 0 Å². The van der Waals surface area contributed by atoms with E-state index in [-0.39, 0.29) is 12.1 Å². The highest BCUT2D eigenvalue weighted by Crippen LogP contribution is 2.22. The summed E-state index contributed by atoms with van der Waals surface area (Å²) in [6, 6.07) is 4.60. The van der Waals surface area contributed by atoms with Crippen LogP contribution < -0.4 is 15.5 Å². The third-order valence-corrected chi connectivity index (χ3v) is 3.95. The molecule has 6 nitrogen and oxygen atoms in total. The van der Waals surface area contributed by atoms with E-state index in [2.05, 4.69) is 44.3 Å². The lowest BCUT2D eigenvalue weighted by Crippen LogP contribution is -2.36. The van der Waals surface area contributed by atoms with Crippen molar-refractivity contribution in [3.05, 3.63) is 24.0 Å². The highest BCUT2D eigenvalue weighted by Gasteiger charge is 2.24. The summed E-state index contributed by atoms with van der Waals surface area (Å²) < 4.78 is 4.63. The molecular formula is C15H24N4O2. The molecule has 0 spiro atoms. The lowest BCUT2D eigenvalue weighted by Gasteiger charge is -2.20. The van der Waals surface area contributed by atoms with Crippen molar-refractivity contribution >= 4 is 11.8 Å². The van der Waals surface area contributed by atoms with Gasteiger partial charge in [0, 0.05) is 19.1 Å². The van der Waals surface area contributed by atoms with Gasteiger partial charge in [-0.05, 0) is 32.0 Å². The van der Waals surface area contributed by atoms with Crippen LogP contribution in [0.1, 0.15) is 31.5 Å². The molecule has 1 fully saturated rings. The number of carbonyl (C=O) groups excluding carboxylic acids is 1. The summed E-state index contributed by atoms with van der Waals surface area (Å²) in [5.41, 5.74) is 2.16. The van der Waals surface area contributed by atoms with Crippen LogP contribution in [0.25, 0.3) is 0 Å². The molecule has 116 valence electrons. The number of hydrogen-bond donors (Lipinski definition) is 2. The maximum Gasteiger partial charge on any atom is 0.407 e. The molecule has 21 heavy (non-hydrogen) atoms. The fraction of sp³-hybridized carbons (Fsp3) is 0.600. The van der Waals surface area contributed by atoms with Gasteiger partial charge >= 0.3 is 6.09 Å². The number of rotatable bonds is 5. The third-order valence-electron chi connectivity index (χ3n) is 3.95. The first-order chi connectivity index (χ1) is 10.2. The van der Waals surface area contributed by atoms with Crippen molar-refractivity contribution in [3.63, 3.8) is 0 Å². The second-order valence-electron chi connectivity index (χ2n) is 5.26. The SMILES string of the molecule is CCC(NC)c1ccc(N2CCC(NC(=O)OC)C2)cn1. The van der Waals surface area contributed by atoms with Gasteiger partial charge in [-0.3, -0.25) is 4.98 Å². The van der Waals surface area contributed by atoms with E-state index in [1.54, 1.807) is 0 Å². The van der Waals surface area contributed by atoms with E-state index >= 15 is 0 Å². The number of carbonyl (C=O) groups is 1. The summed E-state index contributed by atoms with van der Waals surface area (Å²) >= 11 is 0. The molecule has 1 saturated heterocycles. The van der Waals surface area contributed by atoms with Gasteiger partial charge in [0.15, 0.2) is 0 Å². The average molecular weight is 292 g/mol. The number of pyridine rings is 1. The van der Waals surface area contributed by atoms with Gasteiger partial charge in [-0.25, -0.2) is 4.79 Å². The number of nitrogens with zero attached hydrogens (tertiary/aromatic N) is 2. The predicted octanol–water partition coefficient (Wildman–Crippen LogP) is 1.69. The zero-order chi connectivity index (χ0) is 15.2. The molecule has 1 amide bonds. The Labute approximate surface area is 125 Å². The molecular weight excluding hydrogens is 268 g/mol. The number of nitrogens with one attached hydrogen (secondary N) is 2. The van der Waals surface area contributed by atoms with Crippen molar-refractivity contribution in [1.29, 1.82) is 0 Å². The highest BCUT2D eigenvalue weighted by atomic mass is 16.5. The van der Waals surface area contributed by atoms with Crippen LogP contribution in [0.5, 0.6) is 0 Å². The summed E-state index contributed by atoms with van der Waals surface area (Å²) in [5, 5.41) is 6.10. The minimum absolute atomic E-state index is 0.137. The molecule has 0 saturated carbocycles. The predicted molar refractivity (Wildman–Crippen MR) is 82.5 cm³/mol. The number of amides is 1. The Morgan fingerprint density at radius 1 is 1.57 bits per heavy atom. The van der Waals surface area contributed by atoms with Crippen LogP contribution in [0.3, 0.4) is 0 Å². The minimum Gasteiger partial charge on any atom is -0.453 e. The Morgan fingerprint density at radius 2 is 2.38 bits per heavy atom. The maximum absolute atomic E-state index is 11.2. The molecule has 1 aromatic heterocycles. The van der Waals surface area contributed by atoms with Crippen molar-refractivity contribution in [1.82, 2.24) is 15.6 Å². The van der Waals surface area contributed by atoms with Crippen LogP contribution in [0.2, 0.25) is 0 Å². The van der Waals surface area contributed by atoms with Crippen LogP contribution in [-0.2, 0) is 4.74 Å². The van der Waals surface area contributed by atoms with Gasteiger partial charge in [0.2, 0.25) is 0 Å². The van der Waals surface area contributed by atoms with Crippen molar-refractivity contribution < 1.29 is 9.53 Å². The molecule has 0 radical (unpaired) electrons. The fourth-order valence-corrected chi connectivity index (χ4v) is 2.69. The largest absolute Gasteiger partial charge is 0.453 e. The molecule has 6 heteroatoms. The van der Waals surface area contributed by atoms with E-state index in [1.807, 2.05) is 13.2 Å². The normalized spacial score (nSPS) is 19.4. The average Bonchev–Trinajstić information content (AvgIpc) is 2.97. The first-order valence-electron chi connectivity index (χ1n) is 7.40. The molecule has 2 N–H and O–H groups in total. The first-order valence-corrected chi connectivity index (χ1v) is 7.40. The molecule has 2 heterocycles. The van der Waals surface area contributed by atoms with E-state index in [1.165, 1.54) is 7.11 Å². The van der Waals surface area contributed by atoms with Crippen LogP contribution >= 0.6 is 0 Å². The smallest absolute Gasteiger partial charge is 0.407 e. The van der Waals surface area contributed by atoms with Crippen LogP contribution in [0.4, 0.5) is 10.5 Å². The molecule has 0 bridgehead atoms. The summed E-state index contributed by atoms with van der Waals surface area (Å²) in [7, 11) is 3.34. The third kappa shape index (κ3) is 3.85. The van der Waals surface area contributed by atoms with E-state index in [9.17, 15) is 4.79 Å². The molecule has 1 aliphatic heterocycles. The second-order valence-corrected chi connectivity index (χ2v) is 5.26. The topological polar surface area (TPSA) is 66.5 Å². The van der Waals surface area contributed by atoms with Gasteiger partial charge in [0.25, 0.3) is 0 Å². The number of methoxy groups -OCH3 is 1. The summed E-state index contributed by atoms with van der Waals surface area (Å²) in [4.78, 5) is 18.0. The molecule has 2 unspecified atom stereocenters. The summed E-state index contributed by atoms with van der Waals surface area (Å²) in [6.45, 7) is 3.85. The Morgan fingerprint density at radius 3 is 2.95 bits per heavy atom. The molecule has 0 aromatic carbocycles. The number of aromatic nitrogens is 1. The Bertz CT molecular complexity index is 459. The van der Waals surface area contributed by atoms with Gasteiger partial charge in [0.1, 0.15) is 0 Å². The lowest BCUT2D eigenvalue weighted by molar-refractivity contribution is 0.167. The van der Waals surface area contributed by atoms with Crippen LogP contribution in [-0.4, -0.2) is 44.4 Å². The zero-order valence-electron chi connectivity index (χ0n) is 12.9. The monoisotopic (exact) mass is 292 g/mol. The van der Waals surface area contributed by atoms with E-state index in [4.69, 9.17) is 0 Å².